The Morgan fingerprint density at radius 3 is 2.43 bits per heavy atom. The lowest BCUT2D eigenvalue weighted by atomic mass is 9.85. The van der Waals surface area contributed by atoms with Crippen LogP contribution >= 0.6 is 11.6 Å². The van der Waals surface area contributed by atoms with Gasteiger partial charge >= 0.3 is 0 Å². The number of amides is 2. The van der Waals surface area contributed by atoms with Gasteiger partial charge in [-0.1, -0.05) is 29.8 Å². The second-order valence-corrected chi connectivity index (χ2v) is 6.39. The molecule has 1 saturated carbocycles. The molecular formula is C16H15ClN2O2. The number of halogens is 1. The molecule has 4 rings (SSSR count). The van der Waals surface area contributed by atoms with E-state index in [1.807, 2.05) is 12.1 Å². The van der Waals surface area contributed by atoms with Crippen molar-refractivity contribution in [3.05, 3.63) is 41.4 Å². The molecular weight excluding hydrogens is 288 g/mol. The highest BCUT2D eigenvalue weighted by molar-refractivity contribution is 6.30. The summed E-state index contributed by atoms with van der Waals surface area (Å²) in [6.07, 6.45) is 5.16. The normalized spacial score (nSPS) is 32.9. The minimum absolute atomic E-state index is 0.0311. The Labute approximate surface area is 127 Å². The first-order valence-electron chi connectivity index (χ1n) is 7.18. The van der Waals surface area contributed by atoms with E-state index in [9.17, 15) is 9.59 Å². The molecule has 0 radical (unpaired) electrons. The Hall–Kier alpha value is -1.81. The molecule has 0 spiro atoms. The predicted octanol–water partition coefficient (Wildman–Crippen LogP) is 2.52. The molecule has 4 nitrogen and oxygen atoms in total. The molecule has 3 aliphatic rings. The molecule has 4 atom stereocenters. The lowest BCUT2D eigenvalue weighted by Gasteiger charge is -2.18. The van der Waals surface area contributed by atoms with E-state index in [0.717, 1.165) is 12.1 Å². The van der Waals surface area contributed by atoms with Crippen molar-refractivity contribution in [2.75, 3.05) is 12.0 Å². The standard InChI is InChI=1S/C16H15ClN2O2/c17-11-2-1-3-12(7-11)18-8-19-15(20)13-9-4-5-10(6-9)14(13)16(19)21/h1-5,7,9-10,13-14,18H,6,8H2/t9-,10-,13-,14-/m0/s1. The van der Waals surface area contributed by atoms with Gasteiger partial charge in [0, 0.05) is 10.7 Å². The maximum Gasteiger partial charge on any atom is 0.235 e. The van der Waals surface area contributed by atoms with Crippen LogP contribution in [0.1, 0.15) is 6.42 Å². The molecule has 2 fully saturated rings. The molecule has 1 saturated heterocycles. The van der Waals surface area contributed by atoms with E-state index in [2.05, 4.69) is 17.5 Å². The first-order valence-corrected chi connectivity index (χ1v) is 7.56. The molecule has 1 aliphatic heterocycles. The number of carbonyl (C=O) groups is 2. The van der Waals surface area contributed by atoms with Crippen LogP contribution in [0.2, 0.25) is 5.02 Å². The van der Waals surface area contributed by atoms with Crippen LogP contribution < -0.4 is 5.32 Å². The number of rotatable bonds is 3. The molecule has 1 aromatic rings. The zero-order valence-corrected chi connectivity index (χ0v) is 12.1. The topological polar surface area (TPSA) is 49.4 Å². The first kappa shape index (κ1) is 12.9. The minimum Gasteiger partial charge on any atom is -0.367 e. The zero-order valence-electron chi connectivity index (χ0n) is 11.3. The Kier molecular flexibility index (Phi) is 2.82. The van der Waals surface area contributed by atoms with Crippen LogP contribution in [0.4, 0.5) is 5.69 Å². The van der Waals surface area contributed by atoms with Crippen LogP contribution in [0.5, 0.6) is 0 Å². The molecule has 0 aromatic heterocycles. The molecule has 108 valence electrons. The van der Waals surface area contributed by atoms with Crippen molar-refractivity contribution in [1.29, 1.82) is 0 Å². The van der Waals surface area contributed by atoms with E-state index in [1.54, 1.807) is 12.1 Å². The van der Waals surface area contributed by atoms with Crippen molar-refractivity contribution >= 4 is 29.1 Å². The smallest absolute Gasteiger partial charge is 0.235 e. The fourth-order valence-corrected chi connectivity index (χ4v) is 4.08. The Balaban J connectivity index is 1.50. The van der Waals surface area contributed by atoms with Crippen LogP contribution in [0.15, 0.2) is 36.4 Å². The maximum atomic E-state index is 12.5. The third kappa shape index (κ3) is 1.89. The third-order valence-electron chi connectivity index (χ3n) is 4.83. The van der Waals surface area contributed by atoms with Gasteiger partial charge in [0.2, 0.25) is 11.8 Å². The van der Waals surface area contributed by atoms with E-state index in [1.165, 1.54) is 4.90 Å². The van der Waals surface area contributed by atoms with Crippen molar-refractivity contribution in [3.63, 3.8) is 0 Å². The summed E-state index contributed by atoms with van der Waals surface area (Å²) in [5, 5.41) is 3.73. The summed E-state index contributed by atoms with van der Waals surface area (Å²) >= 11 is 5.93. The largest absolute Gasteiger partial charge is 0.367 e. The summed E-state index contributed by atoms with van der Waals surface area (Å²) in [5.74, 6) is 0.190. The summed E-state index contributed by atoms with van der Waals surface area (Å²) in [5.41, 5.74) is 0.807. The van der Waals surface area contributed by atoms with E-state index in [0.29, 0.717) is 5.02 Å². The number of allylic oxidation sites excluding steroid dienone is 2. The van der Waals surface area contributed by atoms with Gasteiger partial charge in [0.15, 0.2) is 0 Å². The highest BCUT2D eigenvalue weighted by atomic mass is 35.5. The van der Waals surface area contributed by atoms with Gasteiger partial charge in [-0.05, 0) is 36.5 Å². The SMILES string of the molecule is O=C1[C@@H]2[C@@H](C(=O)N1CNc1cccc(Cl)c1)[C@H]1C=C[C@H]2C1. The number of anilines is 1. The fourth-order valence-electron chi connectivity index (χ4n) is 3.89. The minimum atomic E-state index is -0.131. The molecule has 21 heavy (non-hydrogen) atoms. The summed E-state index contributed by atoms with van der Waals surface area (Å²) < 4.78 is 0. The van der Waals surface area contributed by atoms with Gasteiger partial charge < -0.3 is 5.32 Å². The number of benzene rings is 1. The maximum absolute atomic E-state index is 12.5. The quantitative estimate of drug-likeness (QED) is 0.689. The number of hydrogen-bond donors (Lipinski definition) is 1. The Morgan fingerprint density at radius 2 is 1.81 bits per heavy atom. The summed E-state index contributed by atoms with van der Waals surface area (Å²) in [7, 11) is 0. The molecule has 5 heteroatoms. The summed E-state index contributed by atoms with van der Waals surface area (Å²) in [6, 6.07) is 7.26. The average Bonchev–Trinajstić information content (AvgIpc) is 3.12. The van der Waals surface area contributed by atoms with Crippen molar-refractivity contribution in [3.8, 4) is 0 Å². The van der Waals surface area contributed by atoms with Gasteiger partial charge in [-0.15, -0.1) is 0 Å². The summed E-state index contributed by atoms with van der Waals surface area (Å²) in [4.78, 5) is 26.3. The van der Waals surface area contributed by atoms with E-state index < -0.39 is 0 Å². The molecule has 2 bridgehead atoms. The molecule has 0 unspecified atom stereocenters. The molecule has 2 aliphatic carbocycles. The van der Waals surface area contributed by atoms with Crippen LogP contribution in [0, 0.1) is 23.7 Å². The Bertz CT molecular complexity index is 627. The third-order valence-corrected chi connectivity index (χ3v) is 5.06. The second kappa shape index (κ2) is 4.60. The lowest BCUT2D eigenvalue weighted by Crippen LogP contribution is -2.37. The number of carbonyl (C=O) groups excluding carboxylic acids is 2. The van der Waals surface area contributed by atoms with Crippen molar-refractivity contribution < 1.29 is 9.59 Å². The molecule has 1 N–H and O–H groups in total. The van der Waals surface area contributed by atoms with Crippen LogP contribution in [0.3, 0.4) is 0 Å². The second-order valence-electron chi connectivity index (χ2n) is 5.95. The highest BCUT2D eigenvalue weighted by Gasteiger charge is 2.59. The van der Waals surface area contributed by atoms with Crippen LogP contribution in [0.25, 0.3) is 0 Å². The highest BCUT2D eigenvalue weighted by Crippen LogP contribution is 2.52. The van der Waals surface area contributed by atoms with Gasteiger partial charge in [0.05, 0.1) is 18.5 Å². The van der Waals surface area contributed by atoms with Crippen LogP contribution in [-0.4, -0.2) is 23.4 Å². The predicted molar refractivity (Wildman–Crippen MR) is 79.5 cm³/mol. The number of fused-ring (bicyclic) bond motifs is 5. The van der Waals surface area contributed by atoms with E-state index >= 15 is 0 Å². The van der Waals surface area contributed by atoms with Crippen molar-refractivity contribution in [2.45, 2.75) is 6.42 Å². The first-order chi connectivity index (χ1) is 10.1. The lowest BCUT2D eigenvalue weighted by molar-refractivity contribution is -0.140. The van der Waals surface area contributed by atoms with Crippen molar-refractivity contribution in [2.24, 2.45) is 23.7 Å². The summed E-state index contributed by atoms with van der Waals surface area (Å²) in [6.45, 7) is 0.213. The van der Waals surface area contributed by atoms with Gasteiger partial charge in [0.1, 0.15) is 0 Å². The van der Waals surface area contributed by atoms with Gasteiger partial charge in [-0.3, -0.25) is 14.5 Å². The van der Waals surface area contributed by atoms with Crippen molar-refractivity contribution in [1.82, 2.24) is 4.90 Å². The average molecular weight is 303 g/mol. The number of imide groups is 1. The monoisotopic (exact) mass is 302 g/mol. The Morgan fingerprint density at radius 1 is 1.14 bits per heavy atom. The fraction of sp³-hybridized carbons (Fsp3) is 0.375. The van der Waals surface area contributed by atoms with E-state index in [-0.39, 0.29) is 42.2 Å². The molecule has 2 amide bonds. The molecule has 1 heterocycles. The van der Waals surface area contributed by atoms with Crippen LogP contribution in [-0.2, 0) is 9.59 Å². The number of nitrogens with one attached hydrogen (secondary N) is 1. The number of nitrogens with zero attached hydrogens (tertiary/aromatic N) is 1. The zero-order chi connectivity index (χ0) is 14.6. The van der Waals surface area contributed by atoms with Gasteiger partial charge in [-0.2, -0.15) is 0 Å². The van der Waals surface area contributed by atoms with E-state index in [4.69, 9.17) is 11.6 Å². The van der Waals surface area contributed by atoms with Gasteiger partial charge in [-0.25, -0.2) is 0 Å². The van der Waals surface area contributed by atoms with Gasteiger partial charge in [0.25, 0.3) is 0 Å². The number of likely N-dealkylation sites (tertiary alicyclic amines) is 1. The molecule has 1 aromatic carbocycles. The number of hydrogen-bond acceptors (Lipinski definition) is 3.